The highest BCUT2D eigenvalue weighted by molar-refractivity contribution is 5.76. The molecule has 0 aromatic heterocycles. The maximum Gasteiger partial charge on any atom is 0.220 e. The van der Waals surface area contributed by atoms with Gasteiger partial charge in [0.25, 0.3) is 0 Å². The Morgan fingerprint density at radius 3 is 1.20 bits per heavy atom. The van der Waals surface area contributed by atoms with Gasteiger partial charge in [-0.05, 0) is 57.8 Å². The molecule has 0 saturated carbocycles. The topological polar surface area (TPSA) is 149 Å². The molecule has 0 aliphatic carbocycles. The second kappa shape index (κ2) is 54.5. The smallest absolute Gasteiger partial charge is 0.220 e. The highest BCUT2D eigenvalue weighted by Gasteiger charge is 2.44. The maximum atomic E-state index is 13.1. The minimum absolute atomic E-state index is 0.187. The summed E-state index contributed by atoms with van der Waals surface area (Å²) in [6, 6.07) is -0.815. The number of amides is 1. The molecule has 7 atom stereocenters. The summed E-state index contributed by atoms with van der Waals surface area (Å²) in [6.07, 6.45) is 66.3. The van der Waals surface area contributed by atoms with Gasteiger partial charge in [0.1, 0.15) is 24.4 Å². The third-order valence-corrected chi connectivity index (χ3v) is 15.1. The lowest BCUT2D eigenvalue weighted by molar-refractivity contribution is -0.302. The van der Waals surface area contributed by atoms with Crippen LogP contribution in [0.1, 0.15) is 303 Å². The SMILES string of the molecule is CCCCC/C=C\C/C=C\C/C=C\CCCCCCCCC(=O)NC(COC1OC(CO)C(O)C(O)C1O)C(O)/C=C/CCCCCCCCCCCCCCCCCCCCCCCCCCCCCCCC. The first-order valence-electron chi connectivity index (χ1n) is 31.9. The molecule has 1 amide bonds. The molecule has 0 aromatic carbocycles. The van der Waals surface area contributed by atoms with Crippen molar-refractivity contribution in [1.29, 1.82) is 0 Å². The normalized spacial score (nSPS) is 19.3. The molecule has 0 bridgehead atoms. The molecule has 1 aliphatic rings. The fraction of sp³-hybridized carbons (Fsp3) is 0.862. The summed E-state index contributed by atoms with van der Waals surface area (Å²) in [5.74, 6) is -0.187. The number of ether oxygens (including phenoxy) is 2. The van der Waals surface area contributed by atoms with Crippen LogP contribution in [0.2, 0.25) is 0 Å². The molecule has 1 aliphatic heterocycles. The first-order valence-corrected chi connectivity index (χ1v) is 31.9. The lowest BCUT2D eigenvalue weighted by Crippen LogP contribution is -2.60. The van der Waals surface area contributed by atoms with E-state index in [1.807, 2.05) is 6.08 Å². The van der Waals surface area contributed by atoms with Crippen LogP contribution in [0.25, 0.3) is 0 Å². The summed E-state index contributed by atoms with van der Waals surface area (Å²) in [5, 5.41) is 54.6. The summed E-state index contributed by atoms with van der Waals surface area (Å²) < 4.78 is 11.3. The maximum absolute atomic E-state index is 13.1. The second-order valence-corrected chi connectivity index (χ2v) is 22.2. The van der Waals surface area contributed by atoms with E-state index in [2.05, 4.69) is 55.6 Å². The van der Waals surface area contributed by atoms with Crippen molar-refractivity contribution < 1.29 is 39.8 Å². The third-order valence-electron chi connectivity index (χ3n) is 15.1. The van der Waals surface area contributed by atoms with Crippen LogP contribution in [0.3, 0.4) is 0 Å². The number of unbranched alkanes of at least 4 members (excludes halogenated alkanes) is 39. The monoisotopic (exact) mass is 1040 g/mol. The number of rotatable bonds is 55. The molecule has 1 fully saturated rings. The zero-order valence-electron chi connectivity index (χ0n) is 48.4. The largest absolute Gasteiger partial charge is 0.394 e. The van der Waals surface area contributed by atoms with Gasteiger partial charge in [-0.2, -0.15) is 0 Å². The van der Waals surface area contributed by atoms with Crippen LogP contribution in [-0.2, 0) is 14.3 Å². The van der Waals surface area contributed by atoms with Crippen LogP contribution < -0.4 is 5.32 Å². The first kappa shape index (κ1) is 70.2. The first-order chi connectivity index (χ1) is 36.3. The van der Waals surface area contributed by atoms with Gasteiger partial charge in [-0.3, -0.25) is 4.79 Å². The summed E-state index contributed by atoms with van der Waals surface area (Å²) in [6.45, 7) is 3.77. The number of nitrogens with one attached hydrogen (secondary N) is 1. The number of allylic oxidation sites excluding steroid dienone is 7. The van der Waals surface area contributed by atoms with Gasteiger partial charge in [0.2, 0.25) is 5.91 Å². The van der Waals surface area contributed by atoms with E-state index in [-0.39, 0.29) is 12.5 Å². The molecule has 7 unspecified atom stereocenters. The van der Waals surface area contributed by atoms with Crippen LogP contribution >= 0.6 is 0 Å². The average Bonchev–Trinajstić information content (AvgIpc) is 3.40. The van der Waals surface area contributed by atoms with Gasteiger partial charge in [0.15, 0.2) is 6.29 Å². The Morgan fingerprint density at radius 1 is 0.459 bits per heavy atom. The van der Waals surface area contributed by atoms with E-state index in [0.717, 1.165) is 64.2 Å². The van der Waals surface area contributed by atoms with Crippen LogP contribution in [0.5, 0.6) is 0 Å². The Bertz CT molecular complexity index is 1300. The minimum atomic E-state index is -1.57. The van der Waals surface area contributed by atoms with E-state index in [4.69, 9.17) is 9.47 Å². The van der Waals surface area contributed by atoms with Crippen molar-refractivity contribution in [2.75, 3.05) is 13.2 Å². The highest BCUT2D eigenvalue weighted by Crippen LogP contribution is 2.23. The number of aliphatic hydroxyl groups excluding tert-OH is 5. The molecular weight excluding hydrogens is 923 g/mol. The molecule has 1 saturated heterocycles. The van der Waals surface area contributed by atoms with Gasteiger partial charge in [0, 0.05) is 6.42 Å². The van der Waals surface area contributed by atoms with Crippen LogP contribution in [0.4, 0.5) is 0 Å². The summed E-state index contributed by atoms with van der Waals surface area (Å²) >= 11 is 0. The Labute approximate surface area is 456 Å². The van der Waals surface area contributed by atoms with E-state index in [1.165, 1.54) is 218 Å². The van der Waals surface area contributed by atoms with Crippen molar-refractivity contribution in [1.82, 2.24) is 5.32 Å². The number of hydrogen-bond acceptors (Lipinski definition) is 8. The molecule has 434 valence electrons. The molecule has 6 N–H and O–H groups in total. The molecule has 9 heteroatoms. The van der Waals surface area contributed by atoms with E-state index in [9.17, 15) is 30.3 Å². The Kier molecular flexibility index (Phi) is 51.7. The molecule has 1 rings (SSSR count). The second-order valence-electron chi connectivity index (χ2n) is 22.2. The highest BCUT2D eigenvalue weighted by atomic mass is 16.7. The average molecular weight is 1040 g/mol. The van der Waals surface area contributed by atoms with Gasteiger partial charge in [-0.15, -0.1) is 0 Å². The lowest BCUT2D eigenvalue weighted by atomic mass is 9.99. The van der Waals surface area contributed by atoms with E-state index < -0.39 is 49.5 Å². The van der Waals surface area contributed by atoms with E-state index in [0.29, 0.717) is 6.42 Å². The van der Waals surface area contributed by atoms with Crippen LogP contribution in [0.15, 0.2) is 48.6 Å². The predicted octanol–water partition coefficient (Wildman–Crippen LogP) is 16.5. The Hall–Kier alpha value is -1.85. The molecule has 0 aromatic rings. The van der Waals surface area contributed by atoms with Crippen molar-refractivity contribution in [3.8, 4) is 0 Å². The molecule has 74 heavy (non-hydrogen) atoms. The summed E-state index contributed by atoms with van der Waals surface area (Å²) in [7, 11) is 0. The predicted molar refractivity (Wildman–Crippen MR) is 313 cm³/mol. The van der Waals surface area contributed by atoms with E-state index >= 15 is 0 Å². The standard InChI is InChI=1S/C65H121NO8/c1-3-5-7-9-11-13-15-17-19-21-23-24-25-26-27-28-29-30-31-32-33-34-35-37-38-40-42-44-46-48-50-52-54-59(68)58(57-73-65-64(72)63(71)62(70)60(56-67)74-65)66-61(69)55-53-51-49-47-45-43-41-39-36-22-20-18-16-14-12-10-8-6-4-2/h12,14,18,20,36,39,52,54,58-60,62-65,67-68,70-72H,3-11,13,15-17,19,21-35,37-38,40-51,53,55-57H2,1-2H3,(H,66,69)/b14-12-,20-18-,39-36-,54-52+. The van der Waals surface area contributed by atoms with Gasteiger partial charge in [-0.1, -0.05) is 287 Å². The number of hydrogen-bond donors (Lipinski definition) is 6. The minimum Gasteiger partial charge on any atom is -0.394 e. The van der Waals surface area contributed by atoms with Crippen LogP contribution in [0, 0.1) is 0 Å². The fourth-order valence-corrected chi connectivity index (χ4v) is 10.1. The Balaban J connectivity index is 2.16. The molecular formula is C65H121NO8. The molecule has 0 spiro atoms. The number of carbonyl (C=O) groups excluding carboxylic acids is 1. The van der Waals surface area contributed by atoms with Crippen molar-refractivity contribution in [3.63, 3.8) is 0 Å². The van der Waals surface area contributed by atoms with Crippen molar-refractivity contribution in [2.24, 2.45) is 0 Å². The van der Waals surface area contributed by atoms with E-state index in [1.54, 1.807) is 6.08 Å². The van der Waals surface area contributed by atoms with Gasteiger partial charge in [0.05, 0.1) is 25.4 Å². The fourth-order valence-electron chi connectivity index (χ4n) is 10.1. The summed E-state index contributed by atoms with van der Waals surface area (Å²) in [5.41, 5.74) is 0. The molecule has 0 radical (unpaired) electrons. The van der Waals surface area contributed by atoms with Crippen molar-refractivity contribution >= 4 is 5.91 Å². The summed E-state index contributed by atoms with van der Waals surface area (Å²) in [4.78, 5) is 13.1. The number of aliphatic hydroxyl groups is 5. The van der Waals surface area contributed by atoms with Crippen molar-refractivity contribution in [2.45, 2.75) is 346 Å². The zero-order valence-corrected chi connectivity index (χ0v) is 48.4. The molecule has 1 heterocycles. The third kappa shape index (κ3) is 43.2. The lowest BCUT2D eigenvalue weighted by Gasteiger charge is -2.40. The molecule has 9 nitrogen and oxygen atoms in total. The quantitative estimate of drug-likeness (QED) is 0.0261. The zero-order chi connectivity index (χ0) is 53.6. The number of carbonyl (C=O) groups is 1. The van der Waals surface area contributed by atoms with Gasteiger partial charge < -0.3 is 40.3 Å². The van der Waals surface area contributed by atoms with Crippen LogP contribution in [-0.4, -0.2) is 87.5 Å². The van der Waals surface area contributed by atoms with Crippen molar-refractivity contribution in [3.05, 3.63) is 48.6 Å². The van der Waals surface area contributed by atoms with Gasteiger partial charge in [-0.25, -0.2) is 0 Å². The van der Waals surface area contributed by atoms with Gasteiger partial charge >= 0.3 is 0 Å². The Morgan fingerprint density at radius 2 is 0.797 bits per heavy atom.